The van der Waals surface area contributed by atoms with Crippen LogP contribution in [-0.4, -0.2) is 74.5 Å². The number of methoxy groups -OCH3 is 2. The van der Waals surface area contributed by atoms with Gasteiger partial charge in [-0.25, -0.2) is 0 Å². The van der Waals surface area contributed by atoms with Crippen molar-refractivity contribution in [2.24, 2.45) is 0 Å². The van der Waals surface area contributed by atoms with Crippen LogP contribution in [0.15, 0.2) is 47.3 Å². The molecule has 0 fully saturated rings. The van der Waals surface area contributed by atoms with Crippen molar-refractivity contribution in [1.82, 2.24) is 20.1 Å². The van der Waals surface area contributed by atoms with Crippen LogP contribution in [0.25, 0.3) is 10.9 Å². The van der Waals surface area contributed by atoms with Gasteiger partial charge in [-0.05, 0) is 81.6 Å². The number of aromatic nitrogens is 1. The van der Waals surface area contributed by atoms with Crippen molar-refractivity contribution in [2.45, 2.75) is 19.9 Å². The lowest BCUT2D eigenvalue weighted by atomic mass is 10.1. The average molecular weight is 513 g/mol. The van der Waals surface area contributed by atoms with Crippen LogP contribution in [0, 0.1) is 0 Å². The molecule has 0 amide bonds. The zero-order chi connectivity index (χ0) is 26.1. The second-order valence-corrected chi connectivity index (χ2v) is 9.09. The lowest BCUT2D eigenvalue weighted by Gasteiger charge is -2.27. The molecule has 0 radical (unpaired) electrons. The second-order valence-electron chi connectivity index (χ2n) is 8.70. The minimum atomic E-state index is -0.116. The van der Waals surface area contributed by atoms with E-state index in [4.69, 9.17) is 26.4 Å². The van der Waals surface area contributed by atoms with E-state index in [9.17, 15) is 4.79 Å². The van der Waals surface area contributed by atoms with Gasteiger partial charge in [-0.1, -0.05) is 6.07 Å². The fourth-order valence-corrected chi connectivity index (χ4v) is 4.10. The molecule has 9 heteroatoms. The highest BCUT2D eigenvalue weighted by atomic mass is 32.1. The van der Waals surface area contributed by atoms with E-state index < -0.39 is 0 Å². The first-order chi connectivity index (χ1) is 17.3. The fraction of sp³-hybridized carbons (Fsp3) is 0.407. The molecule has 194 valence electrons. The summed E-state index contributed by atoms with van der Waals surface area (Å²) in [6, 6.07) is 13.5. The Morgan fingerprint density at radius 2 is 1.81 bits per heavy atom. The monoisotopic (exact) mass is 512 g/mol. The molecule has 2 N–H and O–H groups in total. The van der Waals surface area contributed by atoms with E-state index in [1.165, 1.54) is 0 Å². The number of nitrogens with one attached hydrogen (secondary N) is 2. The summed E-state index contributed by atoms with van der Waals surface area (Å²) >= 11 is 5.74. The number of aromatic amines is 1. The highest BCUT2D eigenvalue weighted by molar-refractivity contribution is 7.80. The predicted octanol–water partition coefficient (Wildman–Crippen LogP) is 3.42. The van der Waals surface area contributed by atoms with Gasteiger partial charge in [-0.2, -0.15) is 0 Å². The molecular formula is C27H36N4O4S. The van der Waals surface area contributed by atoms with Crippen LogP contribution in [0.5, 0.6) is 17.2 Å². The third-order valence-electron chi connectivity index (χ3n) is 5.81. The Bertz CT molecular complexity index is 1230. The first kappa shape index (κ1) is 27.3. The van der Waals surface area contributed by atoms with Crippen molar-refractivity contribution in [3.05, 3.63) is 63.9 Å². The molecule has 0 unspecified atom stereocenters. The molecule has 0 aliphatic heterocycles. The number of likely N-dealkylation sites (N-methyl/N-ethyl adjacent to an activating group) is 1. The molecule has 2 aromatic carbocycles. The van der Waals surface area contributed by atoms with Crippen LogP contribution in [0.1, 0.15) is 18.1 Å². The maximum absolute atomic E-state index is 12.8. The van der Waals surface area contributed by atoms with Crippen LogP contribution >= 0.6 is 12.2 Å². The van der Waals surface area contributed by atoms with Gasteiger partial charge in [0.25, 0.3) is 5.56 Å². The molecule has 0 saturated carbocycles. The van der Waals surface area contributed by atoms with E-state index in [1.807, 2.05) is 68.4 Å². The molecule has 0 aliphatic rings. The first-order valence-electron chi connectivity index (χ1n) is 12.0. The van der Waals surface area contributed by atoms with Gasteiger partial charge in [0.15, 0.2) is 16.6 Å². The van der Waals surface area contributed by atoms with E-state index in [0.717, 1.165) is 35.2 Å². The zero-order valence-electron chi connectivity index (χ0n) is 21.7. The van der Waals surface area contributed by atoms with Crippen LogP contribution in [-0.2, 0) is 13.0 Å². The van der Waals surface area contributed by atoms with Crippen LogP contribution in [0.2, 0.25) is 0 Å². The van der Waals surface area contributed by atoms with E-state index in [0.29, 0.717) is 48.4 Å². The largest absolute Gasteiger partial charge is 0.494 e. The highest BCUT2D eigenvalue weighted by Crippen LogP contribution is 2.27. The number of benzene rings is 2. The van der Waals surface area contributed by atoms with Crippen molar-refractivity contribution < 1.29 is 14.2 Å². The Hall–Kier alpha value is -3.30. The van der Waals surface area contributed by atoms with Crippen molar-refractivity contribution >= 4 is 28.2 Å². The van der Waals surface area contributed by atoms with Gasteiger partial charge in [-0.3, -0.25) is 4.79 Å². The van der Waals surface area contributed by atoms with E-state index in [1.54, 1.807) is 14.2 Å². The van der Waals surface area contributed by atoms with Crippen molar-refractivity contribution in [3.8, 4) is 17.2 Å². The van der Waals surface area contributed by atoms with Crippen molar-refractivity contribution in [1.29, 1.82) is 0 Å². The quantitative estimate of drug-likeness (QED) is 0.358. The highest BCUT2D eigenvalue weighted by Gasteiger charge is 2.14. The number of rotatable bonds is 12. The van der Waals surface area contributed by atoms with Crippen molar-refractivity contribution in [2.75, 3.05) is 54.6 Å². The smallest absolute Gasteiger partial charge is 0.253 e. The lowest BCUT2D eigenvalue weighted by Crippen LogP contribution is -2.43. The maximum atomic E-state index is 12.8. The summed E-state index contributed by atoms with van der Waals surface area (Å²) in [6.07, 6.45) is 0.763. The Balaban J connectivity index is 1.72. The van der Waals surface area contributed by atoms with Gasteiger partial charge in [-0.15, -0.1) is 0 Å². The van der Waals surface area contributed by atoms with Crippen LogP contribution < -0.4 is 25.1 Å². The normalized spacial score (nSPS) is 10.9. The van der Waals surface area contributed by atoms with Gasteiger partial charge in [0.2, 0.25) is 0 Å². The molecule has 1 aromatic heterocycles. The standard InChI is InChI=1S/C27H36N4O4S/c1-6-35-22-8-9-23-20(17-22)16-21(26(32)29-23)18-31(14-13-30(2)3)27(36)28-12-11-19-7-10-24(33-4)25(15-19)34-5/h7-10,15-17H,6,11-14,18H2,1-5H3,(H,28,36)(H,29,32). The van der Waals surface area contributed by atoms with Gasteiger partial charge >= 0.3 is 0 Å². The SMILES string of the molecule is CCOc1ccc2[nH]c(=O)c(CN(CCN(C)C)C(=S)NCCc3ccc(OC)c(OC)c3)cc2c1. The Kier molecular flexibility index (Phi) is 9.95. The summed E-state index contributed by atoms with van der Waals surface area (Å²) in [7, 11) is 7.29. The number of hydrogen-bond acceptors (Lipinski definition) is 6. The number of pyridine rings is 1. The number of fused-ring (bicyclic) bond motifs is 1. The number of H-pyrrole nitrogens is 1. The number of thiocarbonyl (C=S) groups is 1. The molecule has 3 rings (SSSR count). The molecule has 0 bridgehead atoms. The first-order valence-corrected chi connectivity index (χ1v) is 12.4. The van der Waals surface area contributed by atoms with E-state index in [2.05, 4.69) is 15.2 Å². The Morgan fingerprint density at radius 1 is 1.03 bits per heavy atom. The molecule has 3 aromatic rings. The van der Waals surface area contributed by atoms with Gasteiger partial charge in [0.1, 0.15) is 5.75 Å². The van der Waals surface area contributed by atoms with Crippen LogP contribution in [0.4, 0.5) is 0 Å². The summed E-state index contributed by atoms with van der Waals surface area (Å²) < 4.78 is 16.3. The topological polar surface area (TPSA) is 79.1 Å². The summed E-state index contributed by atoms with van der Waals surface area (Å²) in [5.74, 6) is 2.18. The van der Waals surface area contributed by atoms with Crippen molar-refractivity contribution in [3.63, 3.8) is 0 Å². The van der Waals surface area contributed by atoms with E-state index in [-0.39, 0.29) is 5.56 Å². The average Bonchev–Trinajstić information content (AvgIpc) is 2.86. The molecule has 1 heterocycles. The Labute approximate surface area is 218 Å². The summed E-state index contributed by atoms with van der Waals surface area (Å²) in [4.78, 5) is 20.0. The molecule has 0 saturated heterocycles. The third kappa shape index (κ3) is 7.35. The molecule has 36 heavy (non-hydrogen) atoms. The minimum Gasteiger partial charge on any atom is -0.494 e. The third-order valence-corrected chi connectivity index (χ3v) is 6.21. The molecule has 0 atom stereocenters. The van der Waals surface area contributed by atoms with Gasteiger partial charge < -0.3 is 34.3 Å². The van der Waals surface area contributed by atoms with Gasteiger partial charge in [0, 0.05) is 36.1 Å². The molecule has 8 nitrogen and oxygen atoms in total. The molecule has 0 aliphatic carbocycles. The number of ether oxygens (including phenoxy) is 3. The Morgan fingerprint density at radius 3 is 2.50 bits per heavy atom. The zero-order valence-corrected chi connectivity index (χ0v) is 22.5. The predicted molar refractivity (Wildman–Crippen MR) is 149 cm³/mol. The minimum absolute atomic E-state index is 0.116. The van der Waals surface area contributed by atoms with E-state index >= 15 is 0 Å². The van der Waals surface area contributed by atoms with Gasteiger partial charge in [0.05, 0.1) is 27.4 Å². The summed E-state index contributed by atoms with van der Waals surface area (Å²) in [5, 5.41) is 4.90. The number of hydrogen-bond donors (Lipinski definition) is 2. The lowest BCUT2D eigenvalue weighted by molar-refractivity contribution is 0.322. The second kappa shape index (κ2) is 13.1. The molecule has 0 spiro atoms. The van der Waals surface area contributed by atoms with Crippen LogP contribution in [0.3, 0.4) is 0 Å². The molecular weight excluding hydrogens is 476 g/mol. The number of nitrogens with zero attached hydrogens (tertiary/aromatic N) is 2. The summed E-state index contributed by atoms with van der Waals surface area (Å²) in [6.45, 7) is 5.08. The summed E-state index contributed by atoms with van der Waals surface area (Å²) in [5.41, 5.74) is 2.43. The fourth-order valence-electron chi connectivity index (χ4n) is 3.84. The maximum Gasteiger partial charge on any atom is 0.253 e.